The molecule has 0 saturated heterocycles. The summed E-state index contributed by atoms with van der Waals surface area (Å²) in [5.41, 5.74) is 3.53. The SMILES string of the molecule is CC(C)(C)OC(=O)NC(CNCc1cccc2c1NCC2)C1CC1. The third-order valence-electron chi connectivity index (χ3n) is 4.51. The summed E-state index contributed by atoms with van der Waals surface area (Å²) in [6.07, 6.45) is 3.16. The van der Waals surface area contributed by atoms with Gasteiger partial charge in [-0.05, 0) is 57.1 Å². The molecule has 1 aromatic rings. The number of hydrogen-bond donors (Lipinski definition) is 3. The van der Waals surface area contributed by atoms with Crippen LogP contribution in [0.3, 0.4) is 0 Å². The highest BCUT2D eigenvalue weighted by Gasteiger charge is 2.33. The van der Waals surface area contributed by atoms with Crippen LogP contribution in [-0.4, -0.2) is 30.8 Å². The van der Waals surface area contributed by atoms with E-state index in [0.717, 1.165) is 26.1 Å². The number of fused-ring (bicyclic) bond motifs is 1. The summed E-state index contributed by atoms with van der Waals surface area (Å²) >= 11 is 0. The fraction of sp³-hybridized carbons (Fsp3) is 0.632. The van der Waals surface area contributed by atoms with Crippen LogP contribution in [0.25, 0.3) is 0 Å². The van der Waals surface area contributed by atoms with Gasteiger partial charge in [-0.25, -0.2) is 4.79 Å². The number of para-hydroxylation sites is 1. The predicted octanol–water partition coefficient (Wildman–Crippen LogP) is 3.05. The summed E-state index contributed by atoms with van der Waals surface area (Å²) in [5, 5.41) is 10.0. The van der Waals surface area contributed by atoms with Gasteiger partial charge in [0.05, 0.1) is 0 Å². The number of carbonyl (C=O) groups excluding carboxylic acids is 1. The molecule has 1 atom stereocenters. The smallest absolute Gasteiger partial charge is 0.407 e. The minimum atomic E-state index is -0.456. The Hall–Kier alpha value is -1.75. The monoisotopic (exact) mass is 331 g/mol. The number of rotatable bonds is 6. The molecular formula is C19H29N3O2. The summed E-state index contributed by atoms with van der Waals surface area (Å²) in [6, 6.07) is 6.62. The van der Waals surface area contributed by atoms with Gasteiger partial charge in [0, 0.05) is 31.4 Å². The van der Waals surface area contributed by atoms with Crippen molar-refractivity contribution in [3.63, 3.8) is 0 Å². The lowest BCUT2D eigenvalue weighted by molar-refractivity contribution is 0.0497. The number of amides is 1. The van der Waals surface area contributed by atoms with Gasteiger partial charge in [-0.2, -0.15) is 0 Å². The Labute approximate surface area is 144 Å². The highest BCUT2D eigenvalue weighted by Crippen LogP contribution is 2.32. The Morgan fingerprint density at radius 2 is 2.17 bits per heavy atom. The lowest BCUT2D eigenvalue weighted by Crippen LogP contribution is -2.45. The minimum absolute atomic E-state index is 0.143. The predicted molar refractivity (Wildman–Crippen MR) is 96.2 cm³/mol. The van der Waals surface area contributed by atoms with Crippen molar-refractivity contribution >= 4 is 11.8 Å². The molecule has 0 radical (unpaired) electrons. The lowest BCUT2D eigenvalue weighted by atomic mass is 10.1. The van der Waals surface area contributed by atoms with E-state index in [1.165, 1.54) is 29.7 Å². The van der Waals surface area contributed by atoms with Crippen molar-refractivity contribution in [2.24, 2.45) is 5.92 Å². The zero-order valence-corrected chi connectivity index (χ0v) is 14.9. The molecule has 1 aliphatic heterocycles. The van der Waals surface area contributed by atoms with Crippen LogP contribution in [0.15, 0.2) is 18.2 Å². The van der Waals surface area contributed by atoms with Gasteiger partial charge in [0.2, 0.25) is 0 Å². The maximum atomic E-state index is 12.0. The van der Waals surface area contributed by atoms with E-state index < -0.39 is 5.60 Å². The highest BCUT2D eigenvalue weighted by atomic mass is 16.6. The molecule has 2 aliphatic rings. The molecule has 1 heterocycles. The first-order valence-corrected chi connectivity index (χ1v) is 8.97. The van der Waals surface area contributed by atoms with Crippen LogP contribution in [0.2, 0.25) is 0 Å². The molecule has 0 bridgehead atoms. The molecule has 1 amide bonds. The van der Waals surface area contributed by atoms with Crippen LogP contribution in [0, 0.1) is 5.92 Å². The number of benzene rings is 1. The Morgan fingerprint density at radius 1 is 1.38 bits per heavy atom. The van der Waals surface area contributed by atoms with E-state index >= 15 is 0 Å². The van der Waals surface area contributed by atoms with Gasteiger partial charge in [0.1, 0.15) is 5.60 Å². The topological polar surface area (TPSA) is 62.4 Å². The second-order valence-corrected chi connectivity index (χ2v) is 7.85. The summed E-state index contributed by atoms with van der Waals surface area (Å²) in [5.74, 6) is 0.574. The normalized spacial score (nSPS) is 17.8. The van der Waals surface area contributed by atoms with Gasteiger partial charge < -0.3 is 20.7 Å². The second-order valence-electron chi connectivity index (χ2n) is 7.85. The maximum Gasteiger partial charge on any atom is 0.407 e. The molecule has 5 nitrogen and oxygen atoms in total. The number of alkyl carbamates (subject to hydrolysis) is 1. The van der Waals surface area contributed by atoms with E-state index in [-0.39, 0.29) is 12.1 Å². The van der Waals surface area contributed by atoms with Crippen LogP contribution in [0.4, 0.5) is 10.5 Å². The van der Waals surface area contributed by atoms with Crippen molar-refractivity contribution < 1.29 is 9.53 Å². The van der Waals surface area contributed by atoms with E-state index in [4.69, 9.17) is 4.74 Å². The fourth-order valence-electron chi connectivity index (χ4n) is 3.21. The van der Waals surface area contributed by atoms with Crippen LogP contribution in [0.5, 0.6) is 0 Å². The van der Waals surface area contributed by atoms with Crippen molar-refractivity contribution in [3.05, 3.63) is 29.3 Å². The first-order chi connectivity index (χ1) is 11.4. The number of hydrogen-bond acceptors (Lipinski definition) is 4. The molecule has 1 aliphatic carbocycles. The third kappa shape index (κ3) is 4.63. The Bertz CT molecular complexity index is 591. The van der Waals surface area contributed by atoms with Crippen molar-refractivity contribution in [1.82, 2.24) is 10.6 Å². The van der Waals surface area contributed by atoms with Crippen LogP contribution >= 0.6 is 0 Å². The highest BCUT2D eigenvalue weighted by molar-refractivity contribution is 5.68. The quantitative estimate of drug-likeness (QED) is 0.750. The molecule has 0 aromatic heterocycles. The molecule has 1 fully saturated rings. The number of nitrogens with one attached hydrogen (secondary N) is 3. The van der Waals surface area contributed by atoms with Gasteiger partial charge >= 0.3 is 6.09 Å². The number of carbonyl (C=O) groups is 1. The summed E-state index contributed by atoms with van der Waals surface area (Å²) in [4.78, 5) is 12.0. The van der Waals surface area contributed by atoms with Gasteiger partial charge in [0.25, 0.3) is 0 Å². The van der Waals surface area contributed by atoms with E-state index in [2.05, 4.69) is 34.1 Å². The van der Waals surface area contributed by atoms with Gasteiger partial charge in [-0.3, -0.25) is 0 Å². The molecular weight excluding hydrogens is 302 g/mol. The van der Waals surface area contributed by atoms with Crippen molar-refractivity contribution in [2.75, 3.05) is 18.4 Å². The lowest BCUT2D eigenvalue weighted by Gasteiger charge is -2.24. The molecule has 132 valence electrons. The number of ether oxygens (including phenoxy) is 1. The molecule has 1 aromatic carbocycles. The minimum Gasteiger partial charge on any atom is -0.444 e. The van der Waals surface area contributed by atoms with Crippen molar-refractivity contribution in [3.8, 4) is 0 Å². The Balaban J connectivity index is 1.50. The molecule has 3 rings (SSSR count). The molecule has 24 heavy (non-hydrogen) atoms. The summed E-state index contributed by atoms with van der Waals surface area (Å²) < 4.78 is 5.38. The molecule has 5 heteroatoms. The fourth-order valence-corrected chi connectivity index (χ4v) is 3.21. The summed E-state index contributed by atoms with van der Waals surface area (Å²) in [7, 11) is 0. The molecule has 3 N–H and O–H groups in total. The maximum absolute atomic E-state index is 12.0. The van der Waals surface area contributed by atoms with Gasteiger partial charge in [-0.1, -0.05) is 18.2 Å². The van der Waals surface area contributed by atoms with Crippen LogP contribution < -0.4 is 16.0 Å². The first-order valence-electron chi connectivity index (χ1n) is 8.97. The zero-order chi connectivity index (χ0) is 17.2. The van der Waals surface area contributed by atoms with Gasteiger partial charge in [-0.15, -0.1) is 0 Å². The first kappa shape index (κ1) is 17.1. The molecule has 1 unspecified atom stereocenters. The van der Waals surface area contributed by atoms with Gasteiger partial charge in [0.15, 0.2) is 0 Å². The van der Waals surface area contributed by atoms with Crippen molar-refractivity contribution in [1.29, 1.82) is 0 Å². The molecule has 0 spiro atoms. The van der Waals surface area contributed by atoms with E-state index in [1.807, 2.05) is 20.8 Å². The van der Waals surface area contributed by atoms with E-state index in [9.17, 15) is 4.79 Å². The third-order valence-corrected chi connectivity index (χ3v) is 4.51. The standard InChI is InChI=1S/C19H29N3O2/c1-19(2,3)24-18(23)22-16(13-7-8-13)12-20-11-15-6-4-5-14-9-10-21-17(14)15/h4-6,13,16,20-21H,7-12H2,1-3H3,(H,22,23). The van der Waals surface area contributed by atoms with E-state index in [0.29, 0.717) is 5.92 Å². The van der Waals surface area contributed by atoms with Crippen molar-refractivity contribution in [2.45, 2.75) is 58.2 Å². The average molecular weight is 331 g/mol. The zero-order valence-electron chi connectivity index (χ0n) is 14.9. The number of anilines is 1. The average Bonchev–Trinajstić information content (AvgIpc) is 3.21. The largest absolute Gasteiger partial charge is 0.444 e. The van der Waals surface area contributed by atoms with Crippen LogP contribution in [0.1, 0.15) is 44.7 Å². The van der Waals surface area contributed by atoms with Crippen LogP contribution in [-0.2, 0) is 17.7 Å². The second kappa shape index (κ2) is 7.01. The Morgan fingerprint density at radius 3 is 2.88 bits per heavy atom. The Kier molecular flexibility index (Phi) is 4.99. The summed E-state index contributed by atoms with van der Waals surface area (Å²) in [6.45, 7) is 8.28. The molecule has 1 saturated carbocycles. The van der Waals surface area contributed by atoms with E-state index in [1.54, 1.807) is 0 Å².